The number of benzene rings is 2. The van der Waals surface area contributed by atoms with Gasteiger partial charge < -0.3 is 5.01 Å². The van der Waals surface area contributed by atoms with E-state index in [1.54, 1.807) is 67.0 Å². The van der Waals surface area contributed by atoms with Crippen molar-refractivity contribution in [2.45, 2.75) is 17.5 Å². The van der Waals surface area contributed by atoms with Gasteiger partial charge in [-0.1, -0.05) is 36.4 Å². The molecule has 32 heavy (non-hydrogen) atoms. The summed E-state index contributed by atoms with van der Waals surface area (Å²) < 4.78 is 42.2. The van der Waals surface area contributed by atoms with Gasteiger partial charge in [-0.2, -0.15) is 4.31 Å². The van der Waals surface area contributed by atoms with Crippen molar-refractivity contribution in [2.24, 2.45) is 5.92 Å². The minimum absolute atomic E-state index is 0.212. The predicted octanol–water partition coefficient (Wildman–Crippen LogP) is 2.88. The fourth-order valence-corrected chi connectivity index (χ4v) is 5.66. The van der Waals surface area contributed by atoms with Crippen LogP contribution in [0.3, 0.4) is 0 Å². The number of halogens is 1. The number of aromatic nitrogens is 2. The van der Waals surface area contributed by atoms with Crippen LogP contribution < -0.4 is 5.43 Å². The van der Waals surface area contributed by atoms with Gasteiger partial charge in [0.05, 0.1) is 17.5 Å². The summed E-state index contributed by atoms with van der Waals surface area (Å²) in [5, 5.41) is 1.89. The molecular weight excluding hydrogens is 429 g/mol. The third-order valence-corrected chi connectivity index (χ3v) is 7.67. The van der Waals surface area contributed by atoms with Crippen LogP contribution in [-0.4, -0.2) is 40.8 Å². The van der Waals surface area contributed by atoms with Gasteiger partial charge in [-0.3, -0.25) is 0 Å². The molecule has 5 rings (SSSR count). The van der Waals surface area contributed by atoms with Crippen molar-refractivity contribution in [2.75, 3.05) is 13.1 Å². The molecule has 2 unspecified atom stereocenters. The van der Waals surface area contributed by atoms with E-state index in [0.717, 1.165) is 5.70 Å². The summed E-state index contributed by atoms with van der Waals surface area (Å²) in [5.41, 5.74) is 4.86. The van der Waals surface area contributed by atoms with Crippen molar-refractivity contribution in [1.82, 2.24) is 24.7 Å². The summed E-state index contributed by atoms with van der Waals surface area (Å²) in [7, 11) is -3.65. The molecular formula is C23H22FN5O2S. The molecule has 3 heterocycles. The van der Waals surface area contributed by atoms with Gasteiger partial charge >= 0.3 is 0 Å². The molecule has 0 spiro atoms. The summed E-state index contributed by atoms with van der Waals surface area (Å²) in [6.07, 6.45) is 5.22. The van der Waals surface area contributed by atoms with E-state index in [9.17, 15) is 12.8 Å². The highest BCUT2D eigenvalue weighted by Gasteiger charge is 2.44. The van der Waals surface area contributed by atoms with Gasteiger partial charge in [0.2, 0.25) is 10.0 Å². The number of nitrogens with one attached hydrogen (secondary N) is 1. The van der Waals surface area contributed by atoms with Crippen LogP contribution in [0.25, 0.3) is 0 Å². The van der Waals surface area contributed by atoms with Gasteiger partial charge in [-0.15, -0.1) is 0 Å². The number of fused-ring (bicyclic) bond motifs is 1. The topological polar surface area (TPSA) is 78.4 Å². The number of sulfonamides is 1. The highest BCUT2D eigenvalue weighted by molar-refractivity contribution is 7.89. The fraction of sp³-hybridized carbons (Fsp3) is 0.217. The highest BCUT2D eigenvalue weighted by Crippen LogP contribution is 2.39. The molecule has 1 N–H and O–H groups in total. The summed E-state index contributed by atoms with van der Waals surface area (Å²) >= 11 is 0. The van der Waals surface area contributed by atoms with Gasteiger partial charge in [-0.05, 0) is 30.3 Å². The van der Waals surface area contributed by atoms with Crippen molar-refractivity contribution in [3.8, 4) is 0 Å². The molecule has 1 aromatic heterocycles. The first kappa shape index (κ1) is 20.7. The first-order chi connectivity index (χ1) is 15.5. The van der Waals surface area contributed by atoms with Gasteiger partial charge in [0, 0.05) is 42.7 Å². The molecule has 7 nitrogen and oxygen atoms in total. The zero-order valence-electron chi connectivity index (χ0n) is 17.2. The van der Waals surface area contributed by atoms with E-state index in [0.29, 0.717) is 17.9 Å². The molecule has 0 bridgehead atoms. The fourth-order valence-electron chi connectivity index (χ4n) is 4.23. The van der Waals surface area contributed by atoms with Crippen molar-refractivity contribution >= 4 is 10.0 Å². The van der Waals surface area contributed by atoms with Crippen LogP contribution in [0.4, 0.5) is 4.39 Å². The number of rotatable bonds is 5. The van der Waals surface area contributed by atoms with Gasteiger partial charge in [0.1, 0.15) is 11.6 Å². The van der Waals surface area contributed by atoms with Crippen LogP contribution in [0.1, 0.15) is 17.4 Å². The second-order valence-corrected chi connectivity index (χ2v) is 9.70. The minimum Gasteiger partial charge on any atom is -0.307 e. The van der Waals surface area contributed by atoms with E-state index in [4.69, 9.17) is 0 Å². The molecule has 3 aromatic rings. The maximum Gasteiger partial charge on any atom is 0.243 e. The van der Waals surface area contributed by atoms with Crippen LogP contribution in [0.15, 0.2) is 89.7 Å². The van der Waals surface area contributed by atoms with Crippen LogP contribution in [0.5, 0.6) is 0 Å². The van der Waals surface area contributed by atoms with E-state index >= 15 is 0 Å². The Morgan fingerprint density at radius 1 is 1.00 bits per heavy atom. The normalized spacial score (nSPS) is 21.3. The van der Waals surface area contributed by atoms with Gasteiger partial charge in [0.25, 0.3) is 0 Å². The molecule has 1 fully saturated rings. The van der Waals surface area contributed by atoms with Gasteiger partial charge in [0.15, 0.2) is 0 Å². The molecule has 0 radical (unpaired) electrons. The lowest BCUT2D eigenvalue weighted by Gasteiger charge is -2.31. The Kier molecular flexibility index (Phi) is 5.46. The first-order valence-electron chi connectivity index (χ1n) is 10.3. The molecule has 2 aliphatic rings. The first-order valence-corrected chi connectivity index (χ1v) is 11.8. The largest absolute Gasteiger partial charge is 0.307 e. The average Bonchev–Trinajstić information content (AvgIpc) is 3.19. The van der Waals surface area contributed by atoms with Crippen LogP contribution in [0, 0.1) is 11.7 Å². The van der Waals surface area contributed by atoms with Crippen LogP contribution in [0.2, 0.25) is 0 Å². The summed E-state index contributed by atoms with van der Waals surface area (Å²) in [4.78, 5) is 9.04. The van der Waals surface area contributed by atoms with Crippen LogP contribution in [-0.2, 0) is 16.6 Å². The monoisotopic (exact) mass is 451 g/mol. The molecule has 9 heteroatoms. The Balaban J connectivity index is 1.49. The molecule has 2 aromatic carbocycles. The third-order valence-electron chi connectivity index (χ3n) is 5.82. The summed E-state index contributed by atoms with van der Waals surface area (Å²) in [5.74, 6) is 0.0738. The summed E-state index contributed by atoms with van der Waals surface area (Å²) in [6.45, 7) is 0.817. The lowest BCUT2D eigenvalue weighted by Crippen LogP contribution is -2.40. The van der Waals surface area contributed by atoms with Crippen molar-refractivity contribution in [3.05, 3.63) is 102 Å². The number of nitrogens with zero attached hydrogens (tertiary/aromatic N) is 4. The van der Waals surface area contributed by atoms with Crippen molar-refractivity contribution in [1.29, 1.82) is 0 Å². The third kappa shape index (κ3) is 3.79. The Morgan fingerprint density at radius 3 is 2.47 bits per heavy atom. The van der Waals surface area contributed by atoms with E-state index < -0.39 is 10.0 Å². The molecule has 0 aliphatic carbocycles. The standard InChI is InChI=1S/C23H22FN5O2S/c24-20-10-5-4-7-17(20)15-29-21-11-14-28(32(30,31)18-8-2-1-3-9-18)16-19(21)22(27-29)23-25-12-6-13-26-23/h1-13,19,22,27H,14-16H2. The molecule has 2 aliphatic heterocycles. The molecule has 0 amide bonds. The lowest BCUT2D eigenvalue weighted by molar-refractivity contribution is 0.256. The zero-order valence-corrected chi connectivity index (χ0v) is 18.0. The number of hydrogen-bond donors (Lipinski definition) is 1. The lowest BCUT2D eigenvalue weighted by atomic mass is 9.95. The van der Waals surface area contributed by atoms with E-state index in [1.807, 2.05) is 11.1 Å². The van der Waals surface area contributed by atoms with Crippen LogP contribution >= 0.6 is 0 Å². The number of hydrazine groups is 1. The van der Waals surface area contributed by atoms with Crippen molar-refractivity contribution in [3.63, 3.8) is 0 Å². The second kappa shape index (κ2) is 8.42. The van der Waals surface area contributed by atoms with Gasteiger partial charge in [-0.25, -0.2) is 28.2 Å². The second-order valence-electron chi connectivity index (χ2n) is 7.76. The average molecular weight is 452 g/mol. The van der Waals surface area contributed by atoms with E-state index in [2.05, 4.69) is 15.4 Å². The smallest absolute Gasteiger partial charge is 0.243 e. The Hall–Kier alpha value is -3.14. The molecule has 0 saturated carbocycles. The zero-order chi connectivity index (χ0) is 22.1. The molecule has 2 atom stereocenters. The Labute approximate surface area is 186 Å². The SMILES string of the molecule is O=S(=O)(c1ccccc1)N1CC=C2C(C1)C(c1ncccn1)NN2Cc1ccccc1F. The predicted molar refractivity (Wildman–Crippen MR) is 117 cm³/mol. The van der Waals surface area contributed by atoms with Crippen molar-refractivity contribution < 1.29 is 12.8 Å². The van der Waals surface area contributed by atoms with E-state index in [-0.39, 0.29) is 35.8 Å². The quantitative estimate of drug-likeness (QED) is 0.643. The Morgan fingerprint density at radius 2 is 1.72 bits per heavy atom. The molecule has 164 valence electrons. The molecule has 1 saturated heterocycles. The maximum atomic E-state index is 14.3. The number of hydrogen-bond acceptors (Lipinski definition) is 6. The highest BCUT2D eigenvalue weighted by atomic mass is 32.2. The summed E-state index contributed by atoms with van der Waals surface area (Å²) in [6, 6.07) is 16.5. The minimum atomic E-state index is -3.65. The van der Waals surface area contributed by atoms with E-state index in [1.165, 1.54) is 10.4 Å². The maximum absolute atomic E-state index is 14.3. The Bertz CT molecular complexity index is 1240.